The Kier molecular flexibility index (Phi) is 6.69. The maximum Gasteiger partial charge on any atom is 0.0480 e. The molecule has 0 aliphatic rings. The summed E-state index contributed by atoms with van der Waals surface area (Å²) in [6, 6.07) is 8.95. The average molecular weight is 286 g/mol. The molecular weight excluding hydrogens is 266 g/mol. The highest BCUT2D eigenvalue weighted by Crippen LogP contribution is 2.13. The van der Waals surface area contributed by atoms with Crippen LogP contribution < -0.4 is 5.32 Å². The number of likely N-dealkylation sites (N-methyl/N-ethyl adjacent to an activating group) is 1. The van der Waals surface area contributed by atoms with E-state index in [1.807, 2.05) is 14.0 Å². The van der Waals surface area contributed by atoms with Crippen LogP contribution >= 0.6 is 15.9 Å². The summed E-state index contributed by atoms with van der Waals surface area (Å²) in [5, 5.41) is 3.33. The zero-order valence-corrected chi connectivity index (χ0v) is 11.6. The molecule has 0 saturated carbocycles. The van der Waals surface area contributed by atoms with Gasteiger partial charge in [0, 0.05) is 23.7 Å². The molecule has 0 saturated heterocycles. The number of nitrogens with one attached hydrogen (secondary N) is 1. The van der Waals surface area contributed by atoms with Crippen molar-refractivity contribution in [1.82, 2.24) is 5.32 Å². The van der Waals surface area contributed by atoms with E-state index in [9.17, 15) is 0 Å². The summed E-state index contributed by atoms with van der Waals surface area (Å²) in [6.45, 7) is 3.66. The van der Waals surface area contributed by atoms with E-state index in [2.05, 4.69) is 45.5 Å². The van der Waals surface area contributed by atoms with E-state index in [0.717, 1.165) is 30.5 Å². The molecule has 1 atom stereocenters. The molecule has 1 rings (SSSR count). The Morgan fingerprint density at radius 2 is 2.25 bits per heavy atom. The minimum Gasteiger partial charge on any atom is -0.382 e. The molecule has 0 aliphatic carbocycles. The fraction of sp³-hybridized carbons (Fsp3) is 0.538. The lowest BCUT2D eigenvalue weighted by atomic mass is 10.0. The molecule has 0 heterocycles. The first-order valence-electron chi connectivity index (χ1n) is 5.75. The number of benzene rings is 1. The Morgan fingerprint density at radius 1 is 1.44 bits per heavy atom. The minimum absolute atomic E-state index is 0.487. The summed E-state index contributed by atoms with van der Waals surface area (Å²) in [5.41, 5.74) is 1.35. The van der Waals surface area contributed by atoms with E-state index in [0.29, 0.717) is 6.04 Å². The van der Waals surface area contributed by atoms with Gasteiger partial charge >= 0.3 is 0 Å². The van der Waals surface area contributed by atoms with Gasteiger partial charge in [0.2, 0.25) is 0 Å². The van der Waals surface area contributed by atoms with Crippen molar-refractivity contribution >= 4 is 15.9 Å². The molecule has 0 bridgehead atoms. The van der Waals surface area contributed by atoms with E-state index >= 15 is 0 Å². The van der Waals surface area contributed by atoms with Gasteiger partial charge in [-0.25, -0.2) is 0 Å². The van der Waals surface area contributed by atoms with Gasteiger partial charge in [0.25, 0.3) is 0 Å². The largest absolute Gasteiger partial charge is 0.382 e. The van der Waals surface area contributed by atoms with Gasteiger partial charge in [-0.3, -0.25) is 0 Å². The van der Waals surface area contributed by atoms with E-state index < -0.39 is 0 Å². The van der Waals surface area contributed by atoms with Crippen molar-refractivity contribution in [2.45, 2.75) is 25.8 Å². The van der Waals surface area contributed by atoms with E-state index in [1.165, 1.54) is 5.56 Å². The van der Waals surface area contributed by atoms with Crippen molar-refractivity contribution < 1.29 is 4.74 Å². The van der Waals surface area contributed by atoms with Crippen LogP contribution in [-0.2, 0) is 11.2 Å². The van der Waals surface area contributed by atoms with Crippen molar-refractivity contribution in [3.8, 4) is 0 Å². The first-order valence-corrected chi connectivity index (χ1v) is 6.55. The Morgan fingerprint density at radius 3 is 2.88 bits per heavy atom. The lowest BCUT2D eigenvalue weighted by molar-refractivity contribution is 0.137. The fourth-order valence-electron chi connectivity index (χ4n) is 1.67. The summed E-state index contributed by atoms with van der Waals surface area (Å²) < 4.78 is 6.52. The van der Waals surface area contributed by atoms with Crippen LogP contribution in [0, 0.1) is 0 Å². The number of ether oxygens (including phenoxy) is 1. The van der Waals surface area contributed by atoms with E-state index in [-0.39, 0.29) is 0 Å². The van der Waals surface area contributed by atoms with Crippen LogP contribution in [0.25, 0.3) is 0 Å². The summed E-state index contributed by atoms with van der Waals surface area (Å²) in [6.07, 6.45) is 2.10. The summed E-state index contributed by atoms with van der Waals surface area (Å²) in [4.78, 5) is 0. The normalized spacial score (nSPS) is 12.7. The van der Waals surface area contributed by atoms with Gasteiger partial charge in [-0.05, 0) is 44.5 Å². The van der Waals surface area contributed by atoms with Crippen molar-refractivity contribution in [3.63, 3.8) is 0 Å². The molecule has 0 amide bonds. The smallest absolute Gasteiger partial charge is 0.0480 e. The van der Waals surface area contributed by atoms with Crippen molar-refractivity contribution in [3.05, 3.63) is 34.3 Å². The molecule has 1 unspecified atom stereocenters. The van der Waals surface area contributed by atoms with Crippen molar-refractivity contribution in [2.24, 2.45) is 0 Å². The van der Waals surface area contributed by atoms with Gasteiger partial charge < -0.3 is 10.1 Å². The lowest BCUT2D eigenvalue weighted by Crippen LogP contribution is -2.29. The molecule has 0 radical (unpaired) electrons. The average Bonchev–Trinajstić information content (AvgIpc) is 2.28. The molecule has 2 nitrogen and oxygen atoms in total. The van der Waals surface area contributed by atoms with Crippen LogP contribution in [0.4, 0.5) is 0 Å². The predicted molar refractivity (Wildman–Crippen MR) is 71.8 cm³/mol. The Hall–Kier alpha value is -0.380. The zero-order valence-electron chi connectivity index (χ0n) is 10.0. The topological polar surface area (TPSA) is 21.3 Å². The van der Waals surface area contributed by atoms with Gasteiger partial charge in [-0.15, -0.1) is 0 Å². The third-order valence-electron chi connectivity index (χ3n) is 2.59. The summed E-state index contributed by atoms with van der Waals surface area (Å²) >= 11 is 3.49. The van der Waals surface area contributed by atoms with Crippen LogP contribution in [0.15, 0.2) is 28.7 Å². The third kappa shape index (κ3) is 5.10. The second-order valence-electron chi connectivity index (χ2n) is 3.81. The van der Waals surface area contributed by atoms with Gasteiger partial charge in [0.05, 0.1) is 0 Å². The number of halogens is 1. The molecule has 0 fully saturated rings. The van der Waals surface area contributed by atoms with E-state index in [4.69, 9.17) is 4.74 Å². The Balaban J connectivity index is 2.43. The monoisotopic (exact) mass is 285 g/mol. The second-order valence-corrected chi connectivity index (χ2v) is 4.72. The Labute approximate surface area is 107 Å². The molecule has 3 heteroatoms. The van der Waals surface area contributed by atoms with Crippen LogP contribution in [0.1, 0.15) is 18.9 Å². The molecule has 1 aromatic rings. The highest BCUT2D eigenvalue weighted by Gasteiger charge is 2.07. The molecule has 90 valence electrons. The first-order chi connectivity index (χ1) is 7.76. The minimum atomic E-state index is 0.487. The van der Waals surface area contributed by atoms with Gasteiger partial charge in [-0.2, -0.15) is 0 Å². The quantitative estimate of drug-likeness (QED) is 0.778. The van der Waals surface area contributed by atoms with Crippen molar-refractivity contribution in [1.29, 1.82) is 0 Å². The van der Waals surface area contributed by atoms with Crippen LogP contribution in [0.3, 0.4) is 0 Å². The molecule has 1 N–H and O–H groups in total. The standard InChI is InChI=1S/C13H20BrNO/c1-3-16-8-7-13(15-2)10-11-5-4-6-12(14)9-11/h4-6,9,13,15H,3,7-8,10H2,1-2H3. The molecule has 16 heavy (non-hydrogen) atoms. The number of hydrogen-bond donors (Lipinski definition) is 1. The molecule has 0 aromatic heterocycles. The highest BCUT2D eigenvalue weighted by atomic mass is 79.9. The molecule has 1 aromatic carbocycles. The van der Waals surface area contributed by atoms with E-state index in [1.54, 1.807) is 0 Å². The molecule has 0 aliphatic heterocycles. The number of rotatable bonds is 7. The van der Waals surface area contributed by atoms with Crippen molar-refractivity contribution in [2.75, 3.05) is 20.3 Å². The number of hydrogen-bond acceptors (Lipinski definition) is 2. The van der Waals surface area contributed by atoms with Gasteiger partial charge in [0.15, 0.2) is 0 Å². The van der Waals surface area contributed by atoms with Gasteiger partial charge in [0.1, 0.15) is 0 Å². The molecular formula is C13H20BrNO. The van der Waals surface area contributed by atoms with Crippen LogP contribution in [0.2, 0.25) is 0 Å². The maximum absolute atomic E-state index is 5.38. The van der Waals surface area contributed by atoms with Crippen LogP contribution in [-0.4, -0.2) is 26.3 Å². The first kappa shape index (κ1) is 13.7. The van der Waals surface area contributed by atoms with Crippen LogP contribution in [0.5, 0.6) is 0 Å². The predicted octanol–water partition coefficient (Wildman–Crippen LogP) is 3.01. The maximum atomic E-state index is 5.38. The SMILES string of the molecule is CCOCCC(Cc1cccc(Br)c1)NC. The second kappa shape index (κ2) is 7.82. The lowest BCUT2D eigenvalue weighted by Gasteiger charge is -2.16. The fourth-order valence-corrected chi connectivity index (χ4v) is 2.11. The third-order valence-corrected chi connectivity index (χ3v) is 3.09. The highest BCUT2D eigenvalue weighted by molar-refractivity contribution is 9.10. The van der Waals surface area contributed by atoms with Gasteiger partial charge in [-0.1, -0.05) is 28.1 Å². The molecule has 0 spiro atoms. The summed E-state index contributed by atoms with van der Waals surface area (Å²) in [7, 11) is 2.01. The Bertz CT molecular complexity index is 304. The zero-order chi connectivity index (χ0) is 11.8. The summed E-state index contributed by atoms with van der Waals surface area (Å²) in [5.74, 6) is 0.